The molecule has 1 aromatic heterocycles. The molecule has 1 heterocycles. The minimum atomic E-state index is 0.0912. The molecule has 4 atom stereocenters. The van der Waals surface area contributed by atoms with Crippen LogP contribution < -0.4 is 5.32 Å². The number of benzene rings is 2. The van der Waals surface area contributed by atoms with Gasteiger partial charge in [-0.05, 0) is 56.4 Å². The van der Waals surface area contributed by atoms with Gasteiger partial charge >= 0.3 is 0 Å². The van der Waals surface area contributed by atoms with Gasteiger partial charge in [-0.2, -0.15) is 0 Å². The Bertz CT molecular complexity index is 1060. The molecule has 5 rings (SSSR count). The van der Waals surface area contributed by atoms with Gasteiger partial charge in [0.1, 0.15) is 5.01 Å². The van der Waals surface area contributed by atoms with Gasteiger partial charge in [-0.3, -0.25) is 4.79 Å². The van der Waals surface area contributed by atoms with Crippen LogP contribution in [-0.4, -0.2) is 16.9 Å². The fraction of sp³-hybridized carbons (Fsp3) is 0.407. The van der Waals surface area contributed by atoms with Crippen molar-refractivity contribution in [1.82, 2.24) is 10.3 Å². The number of thiazole rings is 1. The number of nitrogens with zero attached hydrogens (tertiary/aromatic N) is 1. The van der Waals surface area contributed by atoms with E-state index in [9.17, 15) is 4.79 Å². The Labute approximate surface area is 188 Å². The van der Waals surface area contributed by atoms with Gasteiger partial charge in [-0.1, -0.05) is 66.6 Å². The third kappa shape index (κ3) is 4.31. The first kappa shape index (κ1) is 20.4. The summed E-state index contributed by atoms with van der Waals surface area (Å²) in [5, 5.41) is 4.29. The largest absolute Gasteiger partial charge is 0.353 e. The molecule has 31 heavy (non-hydrogen) atoms. The van der Waals surface area contributed by atoms with E-state index in [0.717, 1.165) is 38.5 Å². The summed E-state index contributed by atoms with van der Waals surface area (Å²) >= 11 is 1.68. The van der Waals surface area contributed by atoms with Gasteiger partial charge in [0.05, 0.1) is 17.0 Å². The lowest BCUT2D eigenvalue weighted by Gasteiger charge is -2.28. The number of amides is 1. The third-order valence-electron chi connectivity index (χ3n) is 7.18. The standard InChI is InChI=1S/C27H30N2OS/c1-17-8-11-20(12-9-17)26-24(29-27(31-26)21-6-4-3-5-7-21)16-25(30)28-18(2)23-15-19-10-13-22(23)14-19/h3-9,11-12,18-19,22-23H,10,13-16H2,1-2H3,(H,28,30)/t18-,19+,22+,23-/m1/s1. The van der Waals surface area contributed by atoms with Crippen molar-refractivity contribution in [3.8, 4) is 21.0 Å². The van der Waals surface area contributed by atoms with Gasteiger partial charge in [0.25, 0.3) is 0 Å². The number of aryl methyl sites for hydroxylation is 1. The van der Waals surface area contributed by atoms with E-state index < -0.39 is 0 Å². The average molecular weight is 431 g/mol. The first-order valence-electron chi connectivity index (χ1n) is 11.5. The molecule has 0 saturated heterocycles. The molecule has 0 radical (unpaired) electrons. The molecule has 3 nitrogen and oxygen atoms in total. The van der Waals surface area contributed by atoms with E-state index in [4.69, 9.17) is 4.98 Å². The molecular formula is C27H30N2OS. The van der Waals surface area contributed by atoms with Crippen molar-refractivity contribution in [3.05, 3.63) is 65.9 Å². The van der Waals surface area contributed by atoms with Gasteiger partial charge in [-0.15, -0.1) is 11.3 Å². The zero-order chi connectivity index (χ0) is 21.4. The normalized spacial score (nSPS) is 23.1. The van der Waals surface area contributed by atoms with E-state index in [0.29, 0.717) is 12.3 Å². The molecule has 2 aromatic carbocycles. The van der Waals surface area contributed by atoms with Crippen molar-refractivity contribution in [3.63, 3.8) is 0 Å². The summed E-state index contributed by atoms with van der Waals surface area (Å²) in [5.74, 6) is 2.45. The van der Waals surface area contributed by atoms with Gasteiger partial charge in [0.2, 0.25) is 5.91 Å². The summed E-state index contributed by atoms with van der Waals surface area (Å²) in [5.41, 5.74) is 4.35. The summed E-state index contributed by atoms with van der Waals surface area (Å²) in [6, 6.07) is 19.0. The lowest BCUT2D eigenvalue weighted by Crippen LogP contribution is -2.40. The van der Waals surface area contributed by atoms with Crippen molar-refractivity contribution in [2.75, 3.05) is 0 Å². The van der Waals surface area contributed by atoms with E-state index in [1.807, 2.05) is 18.2 Å². The monoisotopic (exact) mass is 430 g/mol. The Morgan fingerprint density at radius 3 is 2.52 bits per heavy atom. The number of hydrogen-bond acceptors (Lipinski definition) is 3. The highest BCUT2D eigenvalue weighted by Gasteiger charge is 2.42. The van der Waals surface area contributed by atoms with E-state index in [2.05, 4.69) is 55.6 Å². The first-order chi connectivity index (χ1) is 15.1. The smallest absolute Gasteiger partial charge is 0.226 e. The fourth-order valence-electron chi connectivity index (χ4n) is 5.58. The molecule has 0 unspecified atom stereocenters. The molecule has 160 valence electrons. The fourth-order valence-corrected chi connectivity index (χ4v) is 6.67. The van der Waals surface area contributed by atoms with Crippen LogP contribution in [0.25, 0.3) is 21.0 Å². The van der Waals surface area contributed by atoms with Gasteiger partial charge < -0.3 is 5.32 Å². The Kier molecular flexibility index (Phi) is 5.66. The van der Waals surface area contributed by atoms with Crippen molar-refractivity contribution in [1.29, 1.82) is 0 Å². The zero-order valence-corrected chi connectivity index (χ0v) is 19.1. The van der Waals surface area contributed by atoms with E-state index in [-0.39, 0.29) is 11.9 Å². The van der Waals surface area contributed by atoms with Crippen LogP contribution in [-0.2, 0) is 11.2 Å². The molecule has 2 aliphatic rings. The van der Waals surface area contributed by atoms with E-state index in [1.54, 1.807) is 11.3 Å². The molecule has 0 spiro atoms. The van der Waals surface area contributed by atoms with Gasteiger partial charge in [-0.25, -0.2) is 4.98 Å². The predicted octanol–water partition coefficient (Wildman–Crippen LogP) is 6.27. The predicted molar refractivity (Wildman–Crippen MR) is 128 cm³/mol. The number of hydrogen-bond donors (Lipinski definition) is 1. The van der Waals surface area contributed by atoms with Crippen molar-refractivity contribution in [2.45, 2.75) is 52.0 Å². The number of fused-ring (bicyclic) bond motifs is 2. The van der Waals surface area contributed by atoms with Crippen molar-refractivity contribution >= 4 is 17.2 Å². The summed E-state index contributed by atoms with van der Waals surface area (Å²) in [6.45, 7) is 4.29. The number of carbonyl (C=O) groups excluding carboxylic acids is 1. The maximum absolute atomic E-state index is 13.0. The molecule has 2 saturated carbocycles. The topological polar surface area (TPSA) is 42.0 Å². The second kappa shape index (κ2) is 8.58. The average Bonchev–Trinajstić information content (AvgIpc) is 3.51. The van der Waals surface area contributed by atoms with Crippen LogP contribution in [0.2, 0.25) is 0 Å². The van der Waals surface area contributed by atoms with E-state index >= 15 is 0 Å². The minimum Gasteiger partial charge on any atom is -0.353 e. The SMILES string of the molecule is Cc1ccc(-c2sc(-c3ccccc3)nc2CC(=O)N[C@H](C)[C@H]2C[C@H]3CC[C@H]2C3)cc1. The summed E-state index contributed by atoms with van der Waals surface area (Å²) in [4.78, 5) is 19.0. The second-order valence-electron chi connectivity index (χ2n) is 9.40. The van der Waals surface area contributed by atoms with Crippen LogP contribution in [0, 0.1) is 24.7 Å². The molecule has 2 bridgehead atoms. The number of aromatic nitrogens is 1. The maximum Gasteiger partial charge on any atom is 0.226 e. The molecular weight excluding hydrogens is 400 g/mol. The van der Waals surface area contributed by atoms with Crippen molar-refractivity contribution < 1.29 is 4.79 Å². The van der Waals surface area contributed by atoms with Crippen LogP contribution in [0.15, 0.2) is 54.6 Å². The molecule has 2 aliphatic carbocycles. The summed E-state index contributed by atoms with van der Waals surface area (Å²) in [7, 11) is 0. The van der Waals surface area contributed by atoms with Crippen LogP contribution in [0.1, 0.15) is 43.9 Å². The highest BCUT2D eigenvalue weighted by atomic mass is 32.1. The summed E-state index contributed by atoms with van der Waals surface area (Å²) < 4.78 is 0. The Morgan fingerprint density at radius 1 is 1.06 bits per heavy atom. The lowest BCUT2D eigenvalue weighted by molar-refractivity contribution is -0.121. The first-order valence-corrected chi connectivity index (χ1v) is 12.3. The molecule has 1 amide bonds. The summed E-state index contributed by atoms with van der Waals surface area (Å²) in [6.07, 6.45) is 5.73. The molecule has 2 fully saturated rings. The van der Waals surface area contributed by atoms with Crippen LogP contribution >= 0.6 is 11.3 Å². The lowest BCUT2D eigenvalue weighted by atomic mass is 9.84. The van der Waals surface area contributed by atoms with Crippen LogP contribution in [0.4, 0.5) is 0 Å². The van der Waals surface area contributed by atoms with Crippen LogP contribution in [0.3, 0.4) is 0 Å². The maximum atomic E-state index is 13.0. The van der Waals surface area contributed by atoms with E-state index in [1.165, 1.54) is 31.2 Å². The number of nitrogens with one attached hydrogen (secondary N) is 1. The number of carbonyl (C=O) groups is 1. The van der Waals surface area contributed by atoms with Gasteiger partial charge in [0.15, 0.2) is 0 Å². The highest BCUT2D eigenvalue weighted by molar-refractivity contribution is 7.18. The zero-order valence-electron chi connectivity index (χ0n) is 18.3. The molecule has 3 aromatic rings. The van der Waals surface area contributed by atoms with Gasteiger partial charge in [0, 0.05) is 11.6 Å². The minimum absolute atomic E-state index is 0.0912. The Hall–Kier alpha value is -2.46. The third-order valence-corrected chi connectivity index (χ3v) is 8.38. The molecule has 0 aliphatic heterocycles. The molecule has 4 heteroatoms. The Morgan fingerprint density at radius 2 is 1.84 bits per heavy atom. The highest BCUT2D eigenvalue weighted by Crippen LogP contribution is 2.49. The van der Waals surface area contributed by atoms with Crippen molar-refractivity contribution in [2.24, 2.45) is 17.8 Å². The number of rotatable bonds is 6. The second-order valence-corrected chi connectivity index (χ2v) is 10.4. The quantitative estimate of drug-likeness (QED) is 0.501. The molecule has 1 N–H and O–H groups in total. The Balaban J connectivity index is 1.37. The van der Waals surface area contributed by atoms with Crippen LogP contribution in [0.5, 0.6) is 0 Å².